The summed E-state index contributed by atoms with van der Waals surface area (Å²) in [6.45, 7) is 0. The van der Waals surface area contributed by atoms with Crippen molar-refractivity contribution in [2.75, 3.05) is 0 Å². The molecule has 2 nitrogen and oxygen atoms in total. The highest BCUT2D eigenvalue weighted by molar-refractivity contribution is 7.85. The Morgan fingerprint density at radius 2 is 1.44 bits per heavy atom. The SMILES string of the molecule is O=S1c2ccccc2-c2ccccc2C1c1cccc2cccnc12. The molecular weight excluding hydrogens is 326 g/mol. The Morgan fingerprint density at radius 3 is 2.36 bits per heavy atom. The van der Waals surface area contributed by atoms with Crippen LogP contribution in [0, 0.1) is 0 Å². The molecule has 2 atom stereocenters. The first-order valence-electron chi connectivity index (χ1n) is 8.27. The van der Waals surface area contributed by atoms with Gasteiger partial charge in [-0.15, -0.1) is 0 Å². The zero-order chi connectivity index (χ0) is 16.8. The van der Waals surface area contributed by atoms with Crippen molar-refractivity contribution >= 4 is 21.7 Å². The number of benzene rings is 3. The zero-order valence-corrected chi connectivity index (χ0v) is 14.2. The molecule has 2 heterocycles. The molecule has 1 aliphatic heterocycles. The van der Waals surface area contributed by atoms with Crippen LogP contribution in [0.2, 0.25) is 0 Å². The number of nitrogens with zero attached hydrogens (tertiary/aromatic N) is 1. The van der Waals surface area contributed by atoms with Crippen LogP contribution in [0.15, 0.2) is 90.0 Å². The van der Waals surface area contributed by atoms with Gasteiger partial charge in [-0.25, -0.2) is 0 Å². The van der Waals surface area contributed by atoms with Crippen LogP contribution in [0.1, 0.15) is 16.4 Å². The lowest BCUT2D eigenvalue weighted by Crippen LogP contribution is -2.16. The quantitative estimate of drug-likeness (QED) is 0.481. The average Bonchev–Trinajstić information content (AvgIpc) is 2.68. The van der Waals surface area contributed by atoms with Crippen molar-refractivity contribution in [1.82, 2.24) is 4.98 Å². The molecule has 0 aliphatic carbocycles. The fraction of sp³-hybridized carbons (Fsp3) is 0.0455. The maximum Gasteiger partial charge on any atom is 0.0920 e. The van der Waals surface area contributed by atoms with Gasteiger partial charge in [0.2, 0.25) is 0 Å². The van der Waals surface area contributed by atoms with Crippen molar-refractivity contribution in [3.05, 3.63) is 96.2 Å². The molecule has 1 aromatic heterocycles. The zero-order valence-electron chi connectivity index (χ0n) is 13.4. The van der Waals surface area contributed by atoms with E-state index in [0.29, 0.717) is 0 Å². The summed E-state index contributed by atoms with van der Waals surface area (Å²) in [7, 11) is -1.16. The number of hydrogen-bond acceptors (Lipinski definition) is 2. The van der Waals surface area contributed by atoms with E-state index < -0.39 is 10.8 Å². The Kier molecular flexibility index (Phi) is 3.28. The monoisotopic (exact) mass is 341 g/mol. The number of aromatic nitrogens is 1. The topological polar surface area (TPSA) is 30.0 Å². The molecule has 1 aliphatic rings. The lowest BCUT2D eigenvalue weighted by molar-refractivity contribution is 0.677. The molecule has 25 heavy (non-hydrogen) atoms. The molecule has 0 bridgehead atoms. The summed E-state index contributed by atoms with van der Waals surface area (Å²) >= 11 is 0. The highest BCUT2D eigenvalue weighted by Gasteiger charge is 2.33. The van der Waals surface area contributed by atoms with Crippen LogP contribution in [-0.2, 0) is 10.8 Å². The third-order valence-corrected chi connectivity index (χ3v) is 6.52. The largest absolute Gasteiger partial charge is 0.256 e. The fourth-order valence-corrected chi connectivity index (χ4v) is 5.42. The molecule has 0 amide bonds. The molecule has 3 heteroatoms. The standard InChI is InChI=1S/C22H15NOS/c24-25-20-13-4-3-10-17(20)16-9-1-2-11-18(16)22(25)19-12-5-7-15-8-6-14-23-21(15)19/h1-14,22H. The predicted molar refractivity (Wildman–Crippen MR) is 102 cm³/mol. The van der Waals surface area contributed by atoms with Crippen LogP contribution in [-0.4, -0.2) is 9.19 Å². The Labute approximate surface area is 148 Å². The summed E-state index contributed by atoms with van der Waals surface area (Å²) in [5.74, 6) is 0. The molecule has 0 saturated heterocycles. The van der Waals surface area contributed by atoms with Gasteiger partial charge in [0.1, 0.15) is 0 Å². The van der Waals surface area contributed by atoms with Gasteiger partial charge in [-0.05, 0) is 34.4 Å². The van der Waals surface area contributed by atoms with Gasteiger partial charge < -0.3 is 0 Å². The molecule has 0 N–H and O–H groups in total. The van der Waals surface area contributed by atoms with Gasteiger partial charge in [-0.1, -0.05) is 66.7 Å². The van der Waals surface area contributed by atoms with Crippen molar-refractivity contribution in [2.45, 2.75) is 10.1 Å². The first kappa shape index (κ1) is 14.6. The van der Waals surface area contributed by atoms with Gasteiger partial charge >= 0.3 is 0 Å². The van der Waals surface area contributed by atoms with Gasteiger partial charge in [0.05, 0.1) is 21.6 Å². The van der Waals surface area contributed by atoms with E-state index in [1.165, 1.54) is 0 Å². The van der Waals surface area contributed by atoms with Crippen molar-refractivity contribution in [2.24, 2.45) is 0 Å². The second-order valence-electron chi connectivity index (χ2n) is 6.18. The first-order valence-corrected chi connectivity index (χ1v) is 9.48. The highest BCUT2D eigenvalue weighted by atomic mass is 32.2. The van der Waals surface area contributed by atoms with Gasteiger partial charge in [0.25, 0.3) is 0 Å². The van der Waals surface area contributed by atoms with Crippen molar-refractivity contribution in [1.29, 1.82) is 0 Å². The highest BCUT2D eigenvalue weighted by Crippen LogP contribution is 2.46. The molecule has 120 valence electrons. The molecule has 0 radical (unpaired) electrons. The third kappa shape index (κ3) is 2.16. The minimum absolute atomic E-state index is 0.204. The van der Waals surface area contributed by atoms with E-state index in [4.69, 9.17) is 0 Å². The van der Waals surface area contributed by atoms with E-state index in [2.05, 4.69) is 41.4 Å². The summed E-state index contributed by atoms with van der Waals surface area (Å²) in [6.07, 6.45) is 1.80. The van der Waals surface area contributed by atoms with Gasteiger partial charge in [-0.2, -0.15) is 0 Å². The van der Waals surface area contributed by atoms with E-state index in [-0.39, 0.29) is 5.25 Å². The summed E-state index contributed by atoms with van der Waals surface area (Å²) in [4.78, 5) is 5.49. The normalized spacial score (nSPS) is 18.6. The van der Waals surface area contributed by atoms with Crippen LogP contribution < -0.4 is 0 Å². The molecular formula is C22H15NOS. The van der Waals surface area contributed by atoms with E-state index in [1.807, 2.05) is 42.5 Å². The summed E-state index contributed by atoms with van der Waals surface area (Å²) in [5.41, 5.74) is 5.30. The molecule has 0 fully saturated rings. The maximum atomic E-state index is 13.5. The Morgan fingerprint density at radius 1 is 0.720 bits per heavy atom. The van der Waals surface area contributed by atoms with E-state index in [9.17, 15) is 4.21 Å². The van der Waals surface area contributed by atoms with Crippen LogP contribution in [0.5, 0.6) is 0 Å². The van der Waals surface area contributed by atoms with Crippen LogP contribution >= 0.6 is 0 Å². The summed E-state index contributed by atoms with van der Waals surface area (Å²) in [5, 5.41) is 0.873. The minimum atomic E-state index is -1.16. The smallest absolute Gasteiger partial charge is 0.0920 e. The number of rotatable bonds is 1. The van der Waals surface area contributed by atoms with Gasteiger partial charge in [0, 0.05) is 16.5 Å². The van der Waals surface area contributed by atoms with Crippen molar-refractivity contribution in [3.8, 4) is 11.1 Å². The lowest BCUT2D eigenvalue weighted by Gasteiger charge is -2.28. The molecule has 5 rings (SSSR count). The Bertz CT molecular complexity index is 1130. The van der Waals surface area contributed by atoms with Crippen molar-refractivity contribution in [3.63, 3.8) is 0 Å². The van der Waals surface area contributed by atoms with E-state index >= 15 is 0 Å². The summed E-state index contributed by atoms with van der Waals surface area (Å²) in [6, 6.07) is 26.4. The maximum absolute atomic E-state index is 13.5. The molecule has 0 saturated carbocycles. The molecule has 3 aromatic carbocycles. The van der Waals surface area contributed by atoms with Gasteiger partial charge in [0.15, 0.2) is 0 Å². The van der Waals surface area contributed by atoms with Gasteiger partial charge in [-0.3, -0.25) is 9.19 Å². The van der Waals surface area contributed by atoms with Crippen LogP contribution in [0.25, 0.3) is 22.0 Å². The van der Waals surface area contributed by atoms with E-state index in [0.717, 1.165) is 38.1 Å². The fourth-order valence-electron chi connectivity index (χ4n) is 3.70. The minimum Gasteiger partial charge on any atom is -0.256 e. The number of pyridine rings is 1. The third-order valence-electron chi connectivity index (χ3n) is 4.80. The Hall–Kier alpha value is -2.78. The first-order chi connectivity index (χ1) is 12.3. The van der Waals surface area contributed by atoms with E-state index in [1.54, 1.807) is 6.20 Å². The second kappa shape index (κ2) is 5.64. The average molecular weight is 341 g/mol. The Balaban J connectivity index is 1.84. The molecule has 2 unspecified atom stereocenters. The number of fused-ring (bicyclic) bond motifs is 4. The van der Waals surface area contributed by atoms with Crippen LogP contribution in [0.3, 0.4) is 0 Å². The second-order valence-corrected chi connectivity index (χ2v) is 7.69. The molecule has 4 aromatic rings. The van der Waals surface area contributed by atoms with Crippen LogP contribution in [0.4, 0.5) is 0 Å². The molecule has 0 spiro atoms. The number of hydrogen-bond donors (Lipinski definition) is 0. The summed E-state index contributed by atoms with van der Waals surface area (Å²) < 4.78 is 13.5. The van der Waals surface area contributed by atoms with Crippen molar-refractivity contribution < 1.29 is 4.21 Å². The number of para-hydroxylation sites is 1. The predicted octanol–water partition coefficient (Wildman–Crippen LogP) is 5.11. The lowest BCUT2D eigenvalue weighted by atomic mass is 9.93.